The maximum absolute atomic E-state index is 12.2. The van der Waals surface area contributed by atoms with Crippen LogP contribution in [0.4, 0.5) is 0 Å². The summed E-state index contributed by atoms with van der Waals surface area (Å²) in [6, 6.07) is 6.77. The maximum Gasteiger partial charge on any atom is 0.261 e. The third-order valence-electron chi connectivity index (χ3n) is 4.06. The van der Waals surface area contributed by atoms with Crippen LogP contribution in [0.2, 0.25) is 0 Å². The summed E-state index contributed by atoms with van der Waals surface area (Å²) in [4.78, 5) is 37.4. The molecule has 0 atom stereocenters. The summed E-state index contributed by atoms with van der Waals surface area (Å²) in [5.41, 5.74) is 0.868. The van der Waals surface area contributed by atoms with Gasteiger partial charge in [-0.05, 0) is 18.6 Å². The predicted octanol–water partition coefficient (Wildman–Crippen LogP) is 0.942. The highest BCUT2D eigenvalue weighted by Crippen LogP contribution is 2.22. The number of rotatable bonds is 7. The zero-order chi connectivity index (χ0) is 16.9. The van der Waals surface area contributed by atoms with Crippen LogP contribution in [0, 0.1) is 0 Å². The lowest BCUT2D eigenvalue weighted by molar-refractivity contribution is -0.121. The Balaban J connectivity index is 1.38. The van der Waals surface area contributed by atoms with Crippen molar-refractivity contribution in [3.63, 3.8) is 0 Å². The molecule has 1 saturated heterocycles. The van der Waals surface area contributed by atoms with Gasteiger partial charge in [0, 0.05) is 25.9 Å². The monoisotopic (exact) mass is 332 g/mol. The molecule has 24 heavy (non-hydrogen) atoms. The van der Waals surface area contributed by atoms with Gasteiger partial charge in [0.1, 0.15) is 0 Å². The molecule has 0 bridgehead atoms. The van der Waals surface area contributed by atoms with Crippen LogP contribution in [0.3, 0.4) is 0 Å². The second kappa shape index (κ2) is 7.55. The zero-order valence-electron chi connectivity index (χ0n) is 13.3. The normalized spacial score (nSPS) is 17.4. The fourth-order valence-corrected chi connectivity index (χ4v) is 2.83. The van der Waals surface area contributed by atoms with Crippen molar-refractivity contribution in [2.45, 2.75) is 25.6 Å². The molecular formula is C17H20N2O5. The van der Waals surface area contributed by atoms with Crippen molar-refractivity contribution in [1.82, 2.24) is 10.2 Å². The van der Waals surface area contributed by atoms with Crippen molar-refractivity contribution in [1.29, 1.82) is 0 Å². The first kappa shape index (κ1) is 16.6. The summed E-state index contributed by atoms with van der Waals surface area (Å²) >= 11 is 0. The van der Waals surface area contributed by atoms with Crippen LogP contribution in [0.1, 0.15) is 40.0 Å². The van der Waals surface area contributed by atoms with E-state index in [0.29, 0.717) is 43.7 Å². The Bertz CT molecular complexity index is 605. The van der Waals surface area contributed by atoms with Gasteiger partial charge in [-0.3, -0.25) is 19.3 Å². The summed E-state index contributed by atoms with van der Waals surface area (Å²) in [5, 5.41) is 2.79. The minimum Gasteiger partial charge on any atom is -0.356 e. The van der Waals surface area contributed by atoms with Gasteiger partial charge >= 0.3 is 0 Å². The Morgan fingerprint density at radius 1 is 1.12 bits per heavy atom. The molecule has 7 heteroatoms. The fourth-order valence-electron chi connectivity index (χ4n) is 2.83. The molecule has 0 radical (unpaired) electrons. The molecular weight excluding hydrogens is 312 g/mol. The number of imide groups is 1. The molecule has 1 fully saturated rings. The van der Waals surface area contributed by atoms with Gasteiger partial charge in [-0.1, -0.05) is 12.1 Å². The molecule has 0 aromatic heterocycles. The lowest BCUT2D eigenvalue weighted by Gasteiger charge is -2.13. The van der Waals surface area contributed by atoms with Crippen molar-refractivity contribution in [3.8, 4) is 0 Å². The van der Waals surface area contributed by atoms with Gasteiger partial charge in [-0.2, -0.15) is 0 Å². The van der Waals surface area contributed by atoms with Crippen molar-refractivity contribution in [3.05, 3.63) is 35.4 Å². The molecule has 128 valence electrons. The molecule has 2 aliphatic heterocycles. The Labute approximate surface area is 139 Å². The Hall–Kier alpha value is -2.25. The van der Waals surface area contributed by atoms with Crippen LogP contribution in [-0.2, 0) is 14.3 Å². The highest BCUT2D eigenvalue weighted by molar-refractivity contribution is 6.21. The van der Waals surface area contributed by atoms with Crippen molar-refractivity contribution < 1.29 is 23.9 Å². The van der Waals surface area contributed by atoms with Gasteiger partial charge in [-0.25, -0.2) is 0 Å². The highest BCUT2D eigenvalue weighted by atomic mass is 16.7. The average Bonchev–Trinajstić information content (AvgIpc) is 3.18. The number of fused-ring (bicyclic) bond motifs is 1. The Kier molecular flexibility index (Phi) is 5.22. The van der Waals surface area contributed by atoms with E-state index < -0.39 is 0 Å². The minimum atomic E-state index is -0.286. The number of nitrogens with one attached hydrogen (secondary N) is 1. The number of nitrogens with zero attached hydrogens (tertiary/aromatic N) is 1. The number of hydrogen-bond donors (Lipinski definition) is 1. The summed E-state index contributed by atoms with van der Waals surface area (Å²) < 4.78 is 10.6. The average molecular weight is 332 g/mol. The van der Waals surface area contributed by atoms with Crippen LogP contribution in [0.25, 0.3) is 0 Å². The van der Waals surface area contributed by atoms with E-state index in [2.05, 4.69) is 5.32 Å². The maximum atomic E-state index is 12.2. The van der Waals surface area contributed by atoms with E-state index in [1.165, 1.54) is 4.90 Å². The lowest BCUT2D eigenvalue weighted by Crippen LogP contribution is -2.32. The van der Waals surface area contributed by atoms with E-state index in [4.69, 9.17) is 9.47 Å². The van der Waals surface area contributed by atoms with Gasteiger partial charge in [0.05, 0.1) is 24.3 Å². The van der Waals surface area contributed by atoms with E-state index in [0.717, 1.165) is 0 Å². The minimum absolute atomic E-state index is 0.107. The van der Waals surface area contributed by atoms with Gasteiger partial charge in [-0.15, -0.1) is 0 Å². The van der Waals surface area contributed by atoms with Crippen LogP contribution in [0.15, 0.2) is 24.3 Å². The Morgan fingerprint density at radius 2 is 1.75 bits per heavy atom. The number of ether oxygens (including phenoxy) is 2. The van der Waals surface area contributed by atoms with E-state index in [-0.39, 0.29) is 37.0 Å². The molecule has 2 heterocycles. The van der Waals surface area contributed by atoms with Crippen LogP contribution in [0.5, 0.6) is 0 Å². The van der Waals surface area contributed by atoms with Gasteiger partial charge < -0.3 is 14.8 Å². The number of benzene rings is 1. The standard InChI is InChI=1S/C17H20N2O5/c20-14(18-8-7-15-23-10-11-24-15)6-3-9-19-16(21)12-4-1-2-5-13(12)17(19)22/h1-2,4-5,15H,3,6-11H2,(H,18,20). The topological polar surface area (TPSA) is 84.9 Å². The predicted molar refractivity (Wildman–Crippen MR) is 84.4 cm³/mol. The largest absolute Gasteiger partial charge is 0.356 e. The van der Waals surface area contributed by atoms with Crippen molar-refractivity contribution >= 4 is 17.7 Å². The van der Waals surface area contributed by atoms with E-state index in [1.54, 1.807) is 24.3 Å². The van der Waals surface area contributed by atoms with Crippen molar-refractivity contribution in [2.75, 3.05) is 26.3 Å². The molecule has 0 unspecified atom stereocenters. The van der Waals surface area contributed by atoms with Crippen molar-refractivity contribution in [2.24, 2.45) is 0 Å². The van der Waals surface area contributed by atoms with E-state index in [1.807, 2.05) is 0 Å². The summed E-state index contributed by atoms with van der Waals surface area (Å²) in [6.07, 6.45) is 1.08. The fraction of sp³-hybridized carbons (Fsp3) is 0.471. The third kappa shape index (κ3) is 3.63. The SMILES string of the molecule is O=C(CCCN1C(=O)c2ccccc2C1=O)NCCC1OCCO1. The highest BCUT2D eigenvalue weighted by Gasteiger charge is 2.34. The van der Waals surface area contributed by atoms with Crippen LogP contribution < -0.4 is 5.32 Å². The second-order valence-corrected chi connectivity index (χ2v) is 5.72. The molecule has 3 rings (SSSR count). The van der Waals surface area contributed by atoms with Crippen LogP contribution in [-0.4, -0.2) is 55.2 Å². The molecule has 2 aliphatic rings. The summed E-state index contributed by atoms with van der Waals surface area (Å²) in [6.45, 7) is 1.92. The summed E-state index contributed by atoms with van der Waals surface area (Å²) in [7, 11) is 0. The number of carbonyl (C=O) groups excluding carboxylic acids is 3. The second-order valence-electron chi connectivity index (χ2n) is 5.72. The molecule has 0 aliphatic carbocycles. The van der Waals surface area contributed by atoms with E-state index in [9.17, 15) is 14.4 Å². The molecule has 7 nitrogen and oxygen atoms in total. The number of amides is 3. The summed E-state index contributed by atoms with van der Waals surface area (Å²) in [5.74, 6) is -0.678. The van der Waals surface area contributed by atoms with Gasteiger partial charge in [0.2, 0.25) is 5.91 Å². The molecule has 3 amide bonds. The molecule has 1 aromatic carbocycles. The molecule has 0 saturated carbocycles. The molecule has 1 N–H and O–H groups in total. The smallest absolute Gasteiger partial charge is 0.261 e. The first-order chi connectivity index (χ1) is 11.7. The molecule has 1 aromatic rings. The van der Waals surface area contributed by atoms with E-state index >= 15 is 0 Å². The van der Waals surface area contributed by atoms with Crippen LogP contribution >= 0.6 is 0 Å². The number of carbonyl (C=O) groups is 3. The van der Waals surface area contributed by atoms with Gasteiger partial charge in [0.25, 0.3) is 11.8 Å². The lowest BCUT2D eigenvalue weighted by atomic mass is 10.1. The Morgan fingerprint density at radius 3 is 2.38 bits per heavy atom. The zero-order valence-corrected chi connectivity index (χ0v) is 13.3. The first-order valence-electron chi connectivity index (χ1n) is 8.12. The molecule has 0 spiro atoms. The number of hydrogen-bond acceptors (Lipinski definition) is 5. The van der Waals surface area contributed by atoms with Gasteiger partial charge in [0.15, 0.2) is 6.29 Å². The first-order valence-corrected chi connectivity index (χ1v) is 8.12. The quantitative estimate of drug-likeness (QED) is 0.751. The third-order valence-corrected chi connectivity index (χ3v) is 4.06.